The van der Waals surface area contributed by atoms with Gasteiger partial charge in [0, 0.05) is 47.4 Å². The third-order valence-electron chi connectivity index (χ3n) is 6.95. The molecule has 0 spiro atoms. The standard InChI is InChI=1S/C26H28ClFN4O2/c1-14(24-23(34-3)9-8-22(28)25(24)27)20-12-30-26-19(20)10-16(11-29-26)21-13-31-32(15(21)2)17-4-6-18(33)7-5-17/h8-14,17-18,33H,4-7H2,1-3H3,(H,29,30)/t14-,17?,18?/m0/s1/i14D. The van der Waals surface area contributed by atoms with Crippen LogP contribution in [0.2, 0.25) is 5.02 Å². The minimum Gasteiger partial charge on any atom is -0.496 e. The smallest absolute Gasteiger partial charge is 0.142 e. The fourth-order valence-electron chi connectivity index (χ4n) is 5.03. The first-order chi connectivity index (χ1) is 16.7. The van der Waals surface area contributed by atoms with Gasteiger partial charge in [0.05, 0.1) is 30.5 Å². The van der Waals surface area contributed by atoms with Gasteiger partial charge in [0.15, 0.2) is 0 Å². The zero-order valence-electron chi connectivity index (χ0n) is 20.4. The molecule has 178 valence electrons. The molecule has 1 saturated carbocycles. The lowest BCUT2D eigenvalue weighted by Crippen LogP contribution is -2.22. The van der Waals surface area contributed by atoms with Gasteiger partial charge in [0.1, 0.15) is 17.2 Å². The zero-order chi connectivity index (χ0) is 24.9. The van der Waals surface area contributed by atoms with E-state index in [0.29, 0.717) is 17.0 Å². The first-order valence-corrected chi connectivity index (χ1v) is 11.8. The molecule has 2 N–H and O–H groups in total. The van der Waals surface area contributed by atoms with Gasteiger partial charge in [-0.05, 0) is 56.4 Å². The van der Waals surface area contributed by atoms with E-state index in [1.54, 1.807) is 19.3 Å². The lowest BCUT2D eigenvalue weighted by Gasteiger charge is -2.26. The van der Waals surface area contributed by atoms with E-state index in [1.807, 2.05) is 19.2 Å². The highest BCUT2D eigenvalue weighted by atomic mass is 35.5. The van der Waals surface area contributed by atoms with Gasteiger partial charge in [-0.15, -0.1) is 0 Å². The summed E-state index contributed by atoms with van der Waals surface area (Å²) in [5.74, 6) is -1.66. The fraction of sp³-hybridized carbons (Fsp3) is 0.385. The number of nitrogens with one attached hydrogen (secondary N) is 1. The number of rotatable bonds is 5. The van der Waals surface area contributed by atoms with Gasteiger partial charge >= 0.3 is 0 Å². The summed E-state index contributed by atoms with van der Waals surface area (Å²) in [6.07, 6.45) is 8.51. The van der Waals surface area contributed by atoms with E-state index in [2.05, 4.69) is 19.7 Å². The topological polar surface area (TPSA) is 76.0 Å². The maximum Gasteiger partial charge on any atom is 0.142 e. The van der Waals surface area contributed by atoms with Crippen molar-refractivity contribution in [1.29, 1.82) is 0 Å². The van der Waals surface area contributed by atoms with Crippen LogP contribution in [0.25, 0.3) is 22.2 Å². The Bertz CT molecular complexity index is 1390. The van der Waals surface area contributed by atoms with Crippen molar-refractivity contribution in [1.82, 2.24) is 19.7 Å². The molecule has 0 radical (unpaired) electrons. The van der Waals surface area contributed by atoms with Crippen LogP contribution in [-0.4, -0.2) is 38.1 Å². The minimum absolute atomic E-state index is 0.130. The number of aromatic nitrogens is 4. The van der Waals surface area contributed by atoms with Crippen LogP contribution in [0.1, 0.15) is 62.7 Å². The Balaban J connectivity index is 1.58. The van der Waals surface area contributed by atoms with Gasteiger partial charge in [0.25, 0.3) is 0 Å². The average Bonchev–Trinajstić information content (AvgIpc) is 3.44. The van der Waals surface area contributed by atoms with Gasteiger partial charge in [-0.25, -0.2) is 9.37 Å². The molecule has 3 aromatic heterocycles. The molecule has 0 amide bonds. The Morgan fingerprint density at radius 1 is 1.29 bits per heavy atom. The predicted octanol–water partition coefficient (Wildman–Crippen LogP) is 6.16. The molecule has 0 bridgehead atoms. The van der Waals surface area contributed by atoms with Crippen molar-refractivity contribution in [3.63, 3.8) is 0 Å². The van der Waals surface area contributed by atoms with Crippen molar-refractivity contribution in [2.24, 2.45) is 0 Å². The van der Waals surface area contributed by atoms with Crippen molar-refractivity contribution in [2.45, 2.75) is 57.6 Å². The molecule has 1 aliphatic rings. The van der Waals surface area contributed by atoms with Crippen molar-refractivity contribution in [3.8, 4) is 16.9 Å². The van der Waals surface area contributed by atoms with Crippen LogP contribution in [-0.2, 0) is 0 Å². The summed E-state index contributed by atoms with van der Waals surface area (Å²) >= 11 is 6.34. The van der Waals surface area contributed by atoms with Crippen molar-refractivity contribution < 1.29 is 15.6 Å². The molecule has 4 aromatic rings. The normalized spacial score (nSPS) is 20.8. The Morgan fingerprint density at radius 2 is 2.06 bits per heavy atom. The van der Waals surface area contributed by atoms with Crippen LogP contribution < -0.4 is 4.74 Å². The fourth-order valence-corrected chi connectivity index (χ4v) is 5.32. The first-order valence-electron chi connectivity index (χ1n) is 11.9. The van der Waals surface area contributed by atoms with E-state index in [1.165, 1.54) is 19.2 Å². The summed E-state index contributed by atoms with van der Waals surface area (Å²) in [5, 5.41) is 15.1. The lowest BCUT2D eigenvalue weighted by molar-refractivity contribution is 0.107. The molecule has 3 heterocycles. The molecule has 8 heteroatoms. The molecule has 34 heavy (non-hydrogen) atoms. The zero-order valence-corrected chi connectivity index (χ0v) is 20.2. The number of aliphatic hydroxyl groups is 1. The molecule has 1 aliphatic carbocycles. The first kappa shape index (κ1) is 21.6. The van der Waals surface area contributed by atoms with Gasteiger partial charge in [-0.1, -0.05) is 18.5 Å². The number of ether oxygens (including phenoxy) is 1. The van der Waals surface area contributed by atoms with Gasteiger partial charge in [0.2, 0.25) is 0 Å². The molecule has 6 nitrogen and oxygen atoms in total. The summed E-state index contributed by atoms with van der Waals surface area (Å²) in [7, 11) is 1.48. The molecule has 0 unspecified atom stereocenters. The van der Waals surface area contributed by atoms with Crippen LogP contribution in [0.5, 0.6) is 5.75 Å². The van der Waals surface area contributed by atoms with E-state index in [0.717, 1.165) is 47.9 Å². The number of H-pyrrole nitrogens is 1. The van der Waals surface area contributed by atoms with E-state index in [-0.39, 0.29) is 22.7 Å². The number of halogens is 2. The number of aromatic amines is 1. The van der Waals surface area contributed by atoms with Gasteiger partial charge in [-0.2, -0.15) is 5.10 Å². The number of hydrogen-bond acceptors (Lipinski definition) is 4. The number of hydrogen-bond donors (Lipinski definition) is 2. The molecule has 0 aliphatic heterocycles. The molecule has 1 fully saturated rings. The summed E-state index contributed by atoms with van der Waals surface area (Å²) < 4.78 is 31.1. The number of benzene rings is 1. The molecule has 0 saturated heterocycles. The summed E-state index contributed by atoms with van der Waals surface area (Å²) in [6, 6.07) is 4.98. The third kappa shape index (κ3) is 3.87. The summed E-state index contributed by atoms with van der Waals surface area (Å²) in [6.45, 7) is 3.72. The Kier molecular flexibility index (Phi) is 5.75. The summed E-state index contributed by atoms with van der Waals surface area (Å²) in [5.41, 5.74) is 4.38. The second kappa shape index (κ2) is 9.04. The molecule has 1 aromatic carbocycles. The number of methoxy groups -OCH3 is 1. The van der Waals surface area contributed by atoms with E-state index in [4.69, 9.17) is 16.3 Å². The monoisotopic (exact) mass is 483 g/mol. The van der Waals surface area contributed by atoms with Gasteiger partial charge < -0.3 is 14.8 Å². The highest BCUT2D eigenvalue weighted by molar-refractivity contribution is 6.31. The summed E-state index contributed by atoms with van der Waals surface area (Å²) in [4.78, 5) is 7.73. The van der Waals surface area contributed by atoms with Crippen LogP contribution in [0, 0.1) is 12.7 Å². The van der Waals surface area contributed by atoms with E-state index in [9.17, 15) is 10.9 Å². The number of pyridine rings is 1. The van der Waals surface area contributed by atoms with Crippen molar-refractivity contribution in [2.75, 3.05) is 7.11 Å². The number of aliphatic hydroxyl groups excluding tert-OH is 1. The lowest BCUT2D eigenvalue weighted by atomic mass is 9.91. The second-order valence-electron chi connectivity index (χ2n) is 8.94. The molecular weight excluding hydrogens is 455 g/mol. The largest absolute Gasteiger partial charge is 0.496 e. The van der Waals surface area contributed by atoms with E-state index < -0.39 is 11.7 Å². The Labute approximate surface area is 204 Å². The Morgan fingerprint density at radius 3 is 2.79 bits per heavy atom. The molecule has 1 atom stereocenters. The number of fused-ring (bicyclic) bond motifs is 1. The Hall–Kier alpha value is -2.90. The predicted molar refractivity (Wildman–Crippen MR) is 131 cm³/mol. The van der Waals surface area contributed by atoms with E-state index >= 15 is 0 Å². The minimum atomic E-state index is -1.41. The van der Waals surface area contributed by atoms with Crippen LogP contribution in [0.4, 0.5) is 4.39 Å². The molecule has 5 rings (SSSR count). The quantitative estimate of drug-likeness (QED) is 0.356. The van der Waals surface area contributed by atoms with Gasteiger partial charge in [-0.3, -0.25) is 4.68 Å². The van der Waals surface area contributed by atoms with Crippen LogP contribution in [0.15, 0.2) is 36.8 Å². The molecular formula is C26H28ClFN4O2. The maximum atomic E-state index is 14.4. The highest BCUT2D eigenvalue weighted by Crippen LogP contribution is 2.41. The average molecular weight is 484 g/mol. The SMILES string of the molecule is [2H][C@@](C)(c1c(OC)ccc(F)c1Cl)c1c[nH]c2ncc(-c3cnn(C4CCC(O)CC4)c3C)cc12. The maximum absolute atomic E-state index is 14.4. The van der Waals surface area contributed by atoms with Crippen LogP contribution >= 0.6 is 11.6 Å². The second-order valence-corrected chi connectivity index (χ2v) is 9.31. The van der Waals surface area contributed by atoms with Crippen LogP contribution in [0.3, 0.4) is 0 Å². The van der Waals surface area contributed by atoms with Crippen molar-refractivity contribution >= 4 is 22.6 Å². The number of nitrogens with zero attached hydrogens (tertiary/aromatic N) is 3. The third-order valence-corrected chi connectivity index (χ3v) is 7.32. The van der Waals surface area contributed by atoms with Crippen molar-refractivity contribution in [3.05, 3.63) is 64.5 Å². The highest BCUT2D eigenvalue weighted by Gasteiger charge is 2.25.